The summed E-state index contributed by atoms with van der Waals surface area (Å²) in [6.45, 7) is 13.9. The molecular formula is C23H41N3O3. The van der Waals surface area contributed by atoms with Crippen LogP contribution in [0.2, 0.25) is 0 Å². The molecule has 0 aromatic heterocycles. The molecule has 1 heterocycles. The minimum atomic E-state index is -0.534. The number of aliphatic hydroxyl groups is 1. The monoisotopic (exact) mass is 407 g/mol. The number of rotatable bonds is 13. The van der Waals surface area contributed by atoms with Gasteiger partial charge in [-0.1, -0.05) is 13.0 Å². The molecule has 0 aliphatic carbocycles. The van der Waals surface area contributed by atoms with Crippen molar-refractivity contribution in [3.05, 3.63) is 23.8 Å². The second kappa shape index (κ2) is 12.4. The van der Waals surface area contributed by atoms with Gasteiger partial charge in [0.1, 0.15) is 12.7 Å². The van der Waals surface area contributed by atoms with Gasteiger partial charge in [-0.05, 0) is 71.1 Å². The van der Waals surface area contributed by atoms with Crippen LogP contribution in [-0.2, 0) is 6.54 Å². The Morgan fingerprint density at radius 2 is 1.90 bits per heavy atom. The molecule has 0 radical (unpaired) electrons. The highest BCUT2D eigenvalue weighted by Gasteiger charge is 2.15. The Morgan fingerprint density at radius 3 is 2.52 bits per heavy atom. The molecule has 1 fully saturated rings. The third-order valence-corrected chi connectivity index (χ3v) is 5.82. The van der Waals surface area contributed by atoms with Crippen LogP contribution in [0.3, 0.4) is 0 Å². The molecule has 166 valence electrons. The lowest BCUT2D eigenvalue weighted by Gasteiger charge is -2.25. The smallest absolute Gasteiger partial charge is 0.161 e. The van der Waals surface area contributed by atoms with E-state index >= 15 is 0 Å². The van der Waals surface area contributed by atoms with Crippen LogP contribution in [0.1, 0.15) is 39.2 Å². The lowest BCUT2D eigenvalue weighted by molar-refractivity contribution is 0.0668. The van der Waals surface area contributed by atoms with E-state index in [1.807, 2.05) is 13.1 Å². The number of hydrogen-bond acceptors (Lipinski definition) is 6. The van der Waals surface area contributed by atoms with Gasteiger partial charge in [0, 0.05) is 32.2 Å². The van der Waals surface area contributed by atoms with E-state index in [9.17, 15) is 5.11 Å². The Bertz CT molecular complexity index is 591. The van der Waals surface area contributed by atoms with E-state index in [-0.39, 0.29) is 6.61 Å². The number of likely N-dealkylation sites (N-methyl/N-ethyl adjacent to an activating group) is 2. The number of nitrogens with zero attached hydrogens (tertiary/aromatic N) is 3. The minimum Gasteiger partial charge on any atom is -0.493 e. The summed E-state index contributed by atoms with van der Waals surface area (Å²) in [4.78, 5) is 7.14. The molecule has 1 unspecified atom stereocenters. The van der Waals surface area contributed by atoms with Crippen LogP contribution < -0.4 is 9.47 Å². The molecule has 0 spiro atoms. The fourth-order valence-corrected chi connectivity index (χ4v) is 3.61. The van der Waals surface area contributed by atoms with Gasteiger partial charge in [-0.2, -0.15) is 0 Å². The molecule has 2 rings (SSSR count). The number of ether oxygens (including phenoxy) is 2. The van der Waals surface area contributed by atoms with Crippen molar-refractivity contribution >= 4 is 0 Å². The summed E-state index contributed by atoms with van der Waals surface area (Å²) in [5.74, 6) is 1.41. The predicted molar refractivity (Wildman–Crippen MR) is 119 cm³/mol. The number of hydrogen-bond donors (Lipinski definition) is 1. The van der Waals surface area contributed by atoms with Crippen molar-refractivity contribution in [1.29, 1.82) is 0 Å². The highest BCUT2D eigenvalue weighted by atomic mass is 16.5. The second-order valence-electron chi connectivity index (χ2n) is 8.40. The molecule has 1 aromatic carbocycles. The average Bonchev–Trinajstić information content (AvgIpc) is 3.23. The quantitative estimate of drug-likeness (QED) is 0.543. The summed E-state index contributed by atoms with van der Waals surface area (Å²) in [5, 5.41) is 10.2. The number of aliphatic hydroxyl groups excluding tert-OH is 1. The fourth-order valence-electron chi connectivity index (χ4n) is 3.61. The summed E-state index contributed by atoms with van der Waals surface area (Å²) in [6, 6.07) is 6.51. The van der Waals surface area contributed by atoms with Crippen LogP contribution in [0.25, 0.3) is 0 Å². The first-order chi connectivity index (χ1) is 13.9. The van der Waals surface area contributed by atoms with Crippen LogP contribution >= 0.6 is 0 Å². The van der Waals surface area contributed by atoms with Crippen LogP contribution in [0, 0.1) is 0 Å². The zero-order valence-corrected chi connectivity index (χ0v) is 19.1. The van der Waals surface area contributed by atoms with Gasteiger partial charge in [0.25, 0.3) is 0 Å². The third kappa shape index (κ3) is 8.13. The molecule has 29 heavy (non-hydrogen) atoms. The highest BCUT2D eigenvalue weighted by Crippen LogP contribution is 2.28. The largest absolute Gasteiger partial charge is 0.493 e. The van der Waals surface area contributed by atoms with Gasteiger partial charge < -0.3 is 24.4 Å². The standard InChI is InChI=1S/C23H41N3O3/c1-6-25(13-14-26-11-7-8-12-26)16-20-9-10-22(23(15-20)28-5)29-18-21(27)17-24(4)19(2)3/h9-10,15,19,21,27H,6-8,11-14,16-18H2,1-5H3. The van der Waals surface area contributed by atoms with E-state index in [2.05, 4.69) is 47.6 Å². The predicted octanol–water partition coefficient (Wildman–Crippen LogP) is 2.69. The molecule has 0 bridgehead atoms. The maximum atomic E-state index is 10.2. The fraction of sp³-hybridized carbons (Fsp3) is 0.739. The van der Waals surface area contributed by atoms with Gasteiger partial charge in [-0.3, -0.25) is 4.90 Å². The van der Waals surface area contributed by atoms with Gasteiger partial charge in [0.15, 0.2) is 11.5 Å². The summed E-state index contributed by atoms with van der Waals surface area (Å²) >= 11 is 0. The molecule has 6 nitrogen and oxygen atoms in total. The van der Waals surface area contributed by atoms with E-state index in [0.717, 1.165) is 31.9 Å². The Balaban J connectivity index is 1.87. The summed E-state index contributed by atoms with van der Waals surface area (Å²) < 4.78 is 11.4. The van der Waals surface area contributed by atoms with Crippen LogP contribution in [-0.4, -0.2) is 92.0 Å². The lowest BCUT2D eigenvalue weighted by atomic mass is 10.2. The molecule has 1 aliphatic rings. The van der Waals surface area contributed by atoms with Crippen molar-refractivity contribution in [2.45, 2.75) is 52.3 Å². The van der Waals surface area contributed by atoms with Crippen molar-refractivity contribution in [3.63, 3.8) is 0 Å². The molecule has 1 N–H and O–H groups in total. The van der Waals surface area contributed by atoms with Crippen LogP contribution in [0.4, 0.5) is 0 Å². The molecule has 1 saturated heterocycles. The lowest BCUT2D eigenvalue weighted by Crippen LogP contribution is -2.37. The number of likely N-dealkylation sites (tertiary alicyclic amines) is 1. The normalized spacial score (nSPS) is 16.2. The van der Waals surface area contributed by atoms with Crippen molar-refractivity contribution in [3.8, 4) is 11.5 Å². The zero-order valence-electron chi connectivity index (χ0n) is 19.1. The Hall–Kier alpha value is -1.34. The molecule has 0 saturated carbocycles. The topological polar surface area (TPSA) is 48.4 Å². The molecule has 0 amide bonds. The van der Waals surface area contributed by atoms with Gasteiger partial charge in [0.05, 0.1) is 7.11 Å². The third-order valence-electron chi connectivity index (χ3n) is 5.82. The van der Waals surface area contributed by atoms with E-state index in [1.54, 1.807) is 7.11 Å². The van der Waals surface area contributed by atoms with Gasteiger partial charge >= 0.3 is 0 Å². The van der Waals surface area contributed by atoms with Gasteiger partial charge in [0.2, 0.25) is 0 Å². The summed E-state index contributed by atoms with van der Waals surface area (Å²) in [7, 11) is 3.67. The maximum Gasteiger partial charge on any atom is 0.161 e. The highest BCUT2D eigenvalue weighted by molar-refractivity contribution is 5.43. The SMILES string of the molecule is CCN(CCN1CCCC1)Cc1ccc(OCC(O)CN(C)C(C)C)c(OC)c1. The van der Waals surface area contributed by atoms with Crippen molar-refractivity contribution in [1.82, 2.24) is 14.7 Å². The minimum absolute atomic E-state index is 0.254. The first-order valence-electron chi connectivity index (χ1n) is 11.1. The summed E-state index contributed by atoms with van der Waals surface area (Å²) in [6.07, 6.45) is 2.15. The molecule has 6 heteroatoms. The van der Waals surface area contributed by atoms with Crippen molar-refractivity contribution in [2.75, 3.05) is 60.0 Å². The van der Waals surface area contributed by atoms with Gasteiger partial charge in [-0.15, -0.1) is 0 Å². The average molecular weight is 408 g/mol. The van der Waals surface area contributed by atoms with E-state index < -0.39 is 6.10 Å². The van der Waals surface area contributed by atoms with Gasteiger partial charge in [-0.25, -0.2) is 0 Å². The van der Waals surface area contributed by atoms with Crippen LogP contribution in [0.15, 0.2) is 18.2 Å². The number of methoxy groups -OCH3 is 1. The zero-order chi connectivity index (χ0) is 21.2. The molecule has 1 aromatic rings. The van der Waals surface area contributed by atoms with Crippen molar-refractivity contribution in [2.24, 2.45) is 0 Å². The Kier molecular flexibility index (Phi) is 10.2. The maximum absolute atomic E-state index is 10.2. The van der Waals surface area contributed by atoms with E-state index in [1.165, 1.54) is 31.5 Å². The first-order valence-corrected chi connectivity index (χ1v) is 11.1. The van der Waals surface area contributed by atoms with Crippen molar-refractivity contribution < 1.29 is 14.6 Å². The first kappa shape index (κ1) is 23.9. The molecular weight excluding hydrogens is 366 g/mol. The van der Waals surface area contributed by atoms with Crippen LogP contribution in [0.5, 0.6) is 11.5 Å². The molecule has 1 atom stereocenters. The van der Waals surface area contributed by atoms with E-state index in [0.29, 0.717) is 18.3 Å². The van der Waals surface area contributed by atoms with E-state index in [4.69, 9.17) is 9.47 Å². The summed E-state index contributed by atoms with van der Waals surface area (Å²) in [5.41, 5.74) is 1.22. The second-order valence-corrected chi connectivity index (χ2v) is 8.40. The molecule has 1 aliphatic heterocycles. The number of benzene rings is 1. The Labute approximate surface area is 177 Å². The Morgan fingerprint density at radius 1 is 1.17 bits per heavy atom.